The molecule has 12 heavy (non-hydrogen) atoms. The molecule has 2 heteroatoms. The molecule has 0 aromatic carbocycles. The van der Waals surface area contributed by atoms with Crippen LogP contribution in [-0.2, 0) is 4.43 Å². The Labute approximate surface area is 76.3 Å². The number of hydrogen-bond acceptors (Lipinski definition) is 1. The lowest BCUT2D eigenvalue weighted by Gasteiger charge is -2.23. The zero-order valence-corrected chi connectivity index (χ0v) is 9.42. The maximum Gasteiger partial charge on any atom is 0.241 e. The van der Waals surface area contributed by atoms with E-state index in [-0.39, 0.29) is 0 Å². The summed E-state index contributed by atoms with van der Waals surface area (Å²) < 4.78 is 5.94. The quantitative estimate of drug-likeness (QED) is 0.608. The largest absolute Gasteiger partial charge is 0.547 e. The molecule has 0 aromatic heterocycles. The van der Waals surface area contributed by atoms with Gasteiger partial charge in [-0.25, -0.2) is 0 Å². The summed E-state index contributed by atoms with van der Waals surface area (Å²) in [7, 11) is -1.39. The van der Waals surface area contributed by atoms with Crippen LogP contribution in [0.4, 0.5) is 0 Å². The highest BCUT2D eigenvalue weighted by molar-refractivity contribution is 6.70. The van der Waals surface area contributed by atoms with Gasteiger partial charge in [-0.1, -0.05) is 19.1 Å². The first-order valence-electron chi connectivity index (χ1n) is 4.60. The minimum absolute atomic E-state index is 0.539. The molecule has 1 unspecified atom stereocenters. The second kappa shape index (κ2) is 3.48. The lowest BCUT2D eigenvalue weighted by atomic mass is 10.1. The fourth-order valence-corrected chi connectivity index (χ4v) is 2.23. The smallest absolute Gasteiger partial charge is 0.241 e. The first kappa shape index (κ1) is 9.58. The Hall–Kier alpha value is -0.503. The SMILES string of the molecule is CCC1C=CC=C1O[Si](C)(C)C. The Bertz CT molecular complexity index is 210. The Morgan fingerprint density at radius 1 is 1.42 bits per heavy atom. The van der Waals surface area contributed by atoms with Crippen LogP contribution in [0.5, 0.6) is 0 Å². The standard InChI is InChI=1S/C10H18OSi/c1-5-9-7-6-8-10(9)11-12(2,3)4/h6-9H,5H2,1-4H3. The molecule has 0 aliphatic heterocycles. The van der Waals surface area contributed by atoms with Gasteiger partial charge in [0.1, 0.15) is 0 Å². The molecule has 0 N–H and O–H groups in total. The van der Waals surface area contributed by atoms with E-state index in [0.717, 1.165) is 6.42 Å². The Kier molecular flexibility index (Phi) is 2.78. The fraction of sp³-hybridized carbons (Fsp3) is 0.600. The summed E-state index contributed by atoms with van der Waals surface area (Å²) in [5, 5.41) is 0. The van der Waals surface area contributed by atoms with E-state index in [1.54, 1.807) is 0 Å². The van der Waals surface area contributed by atoms with Crippen molar-refractivity contribution in [2.24, 2.45) is 5.92 Å². The van der Waals surface area contributed by atoms with Gasteiger partial charge in [0.2, 0.25) is 8.32 Å². The van der Waals surface area contributed by atoms with E-state index in [4.69, 9.17) is 4.43 Å². The van der Waals surface area contributed by atoms with Crippen LogP contribution in [0, 0.1) is 5.92 Å². The summed E-state index contributed by atoms with van der Waals surface area (Å²) in [5.41, 5.74) is 0. The van der Waals surface area contributed by atoms with E-state index >= 15 is 0 Å². The second-order valence-electron chi connectivity index (χ2n) is 4.18. The van der Waals surface area contributed by atoms with E-state index in [0.29, 0.717) is 5.92 Å². The van der Waals surface area contributed by atoms with Crippen molar-refractivity contribution in [3.8, 4) is 0 Å². The van der Waals surface area contributed by atoms with Crippen molar-refractivity contribution in [2.75, 3.05) is 0 Å². The highest BCUT2D eigenvalue weighted by Crippen LogP contribution is 2.26. The molecule has 0 spiro atoms. The highest BCUT2D eigenvalue weighted by Gasteiger charge is 2.22. The molecule has 0 bridgehead atoms. The van der Waals surface area contributed by atoms with Crippen molar-refractivity contribution in [3.05, 3.63) is 24.0 Å². The van der Waals surface area contributed by atoms with Crippen LogP contribution in [0.1, 0.15) is 13.3 Å². The van der Waals surface area contributed by atoms with E-state index < -0.39 is 8.32 Å². The van der Waals surface area contributed by atoms with Gasteiger partial charge in [0.25, 0.3) is 0 Å². The fourth-order valence-electron chi connectivity index (χ4n) is 1.30. The summed E-state index contributed by atoms with van der Waals surface area (Å²) in [5.74, 6) is 1.72. The molecule has 68 valence electrons. The summed E-state index contributed by atoms with van der Waals surface area (Å²) in [6.45, 7) is 8.86. The molecule has 1 nitrogen and oxygen atoms in total. The number of hydrogen-bond donors (Lipinski definition) is 0. The summed E-state index contributed by atoms with van der Waals surface area (Å²) >= 11 is 0. The third-order valence-electron chi connectivity index (χ3n) is 1.83. The topological polar surface area (TPSA) is 9.23 Å². The van der Waals surface area contributed by atoms with Gasteiger partial charge in [-0.15, -0.1) is 0 Å². The number of allylic oxidation sites excluding steroid dienone is 3. The van der Waals surface area contributed by atoms with Gasteiger partial charge >= 0.3 is 0 Å². The van der Waals surface area contributed by atoms with E-state index in [1.165, 1.54) is 5.76 Å². The molecule has 0 amide bonds. The number of rotatable bonds is 3. The Morgan fingerprint density at radius 3 is 2.58 bits per heavy atom. The Morgan fingerprint density at radius 2 is 2.08 bits per heavy atom. The lowest BCUT2D eigenvalue weighted by molar-refractivity contribution is 0.369. The molecule has 1 aliphatic carbocycles. The predicted octanol–water partition coefficient (Wildman–Crippen LogP) is 3.32. The average molecular weight is 182 g/mol. The van der Waals surface area contributed by atoms with Crippen molar-refractivity contribution < 1.29 is 4.43 Å². The first-order chi connectivity index (χ1) is 5.53. The monoisotopic (exact) mass is 182 g/mol. The summed E-state index contributed by atoms with van der Waals surface area (Å²) in [4.78, 5) is 0. The zero-order valence-electron chi connectivity index (χ0n) is 8.42. The van der Waals surface area contributed by atoms with Crippen molar-refractivity contribution in [1.82, 2.24) is 0 Å². The molecule has 1 atom stereocenters. The van der Waals surface area contributed by atoms with Gasteiger partial charge in [0.15, 0.2) is 0 Å². The third kappa shape index (κ3) is 2.52. The molecule has 0 radical (unpaired) electrons. The van der Waals surface area contributed by atoms with Crippen molar-refractivity contribution in [3.63, 3.8) is 0 Å². The molecule has 0 saturated carbocycles. The van der Waals surface area contributed by atoms with Crippen LogP contribution in [-0.4, -0.2) is 8.32 Å². The molecule has 0 aromatic rings. The molecule has 0 saturated heterocycles. The van der Waals surface area contributed by atoms with Crippen molar-refractivity contribution in [1.29, 1.82) is 0 Å². The maximum atomic E-state index is 5.94. The molecular formula is C10H18OSi. The molecule has 0 heterocycles. The minimum Gasteiger partial charge on any atom is -0.547 e. The maximum absolute atomic E-state index is 5.94. The van der Waals surface area contributed by atoms with Gasteiger partial charge in [0, 0.05) is 5.92 Å². The Balaban J connectivity index is 2.55. The normalized spacial score (nSPS) is 22.7. The lowest BCUT2D eigenvalue weighted by Crippen LogP contribution is -2.26. The zero-order chi connectivity index (χ0) is 9.19. The van der Waals surface area contributed by atoms with E-state index in [9.17, 15) is 0 Å². The van der Waals surface area contributed by atoms with Crippen molar-refractivity contribution in [2.45, 2.75) is 33.0 Å². The highest BCUT2D eigenvalue weighted by atomic mass is 28.4. The van der Waals surface area contributed by atoms with E-state index in [1.807, 2.05) is 0 Å². The van der Waals surface area contributed by atoms with Crippen LogP contribution >= 0.6 is 0 Å². The van der Waals surface area contributed by atoms with Crippen LogP contribution < -0.4 is 0 Å². The van der Waals surface area contributed by atoms with Crippen LogP contribution in [0.15, 0.2) is 24.0 Å². The molecule has 0 fully saturated rings. The minimum atomic E-state index is -1.39. The second-order valence-corrected chi connectivity index (χ2v) is 8.61. The van der Waals surface area contributed by atoms with Crippen LogP contribution in [0.3, 0.4) is 0 Å². The molecule has 1 aliphatic rings. The summed E-state index contributed by atoms with van der Waals surface area (Å²) in [6.07, 6.45) is 7.57. The summed E-state index contributed by atoms with van der Waals surface area (Å²) in [6, 6.07) is 0. The predicted molar refractivity (Wildman–Crippen MR) is 55.4 cm³/mol. The van der Waals surface area contributed by atoms with Gasteiger partial charge in [-0.05, 0) is 32.1 Å². The van der Waals surface area contributed by atoms with E-state index in [2.05, 4.69) is 44.8 Å². The van der Waals surface area contributed by atoms with Crippen molar-refractivity contribution >= 4 is 8.32 Å². The van der Waals surface area contributed by atoms with Gasteiger partial charge in [-0.2, -0.15) is 0 Å². The molecule has 1 rings (SSSR count). The van der Waals surface area contributed by atoms with Crippen LogP contribution in [0.2, 0.25) is 19.6 Å². The van der Waals surface area contributed by atoms with Gasteiger partial charge in [0.05, 0.1) is 5.76 Å². The average Bonchev–Trinajstić information content (AvgIpc) is 2.31. The van der Waals surface area contributed by atoms with Gasteiger partial charge in [-0.3, -0.25) is 0 Å². The van der Waals surface area contributed by atoms with Gasteiger partial charge < -0.3 is 4.43 Å². The van der Waals surface area contributed by atoms with Crippen LogP contribution in [0.25, 0.3) is 0 Å². The first-order valence-corrected chi connectivity index (χ1v) is 8.01. The third-order valence-corrected chi connectivity index (χ3v) is 2.68. The molecular weight excluding hydrogens is 164 g/mol.